The highest BCUT2D eigenvalue weighted by Gasteiger charge is 2.61. The summed E-state index contributed by atoms with van der Waals surface area (Å²) in [5.41, 5.74) is 1.37. The minimum absolute atomic E-state index is 0.0827. The Hall–Kier alpha value is -1.90. The van der Waals surface area contributed by atoms with Crippen LogP contribution >= 0.6 is 39.1 Å². The molecule has 1 aromatic carbocycles. The summed E-state index contributed by atoms with van der Waals surface area (Å²) in [6.45, 7) is 2.49. The second-order valence-corrected chi connectivity index (χ2v) is 12.0. The quantitative estimate of drug-likeness (QED) is 0.423. The van der Waals surface area contributed by atoms with E-state index in [0.29, 0.717) is 39.0 Å². The molecule has 4 aliphatic rings. The lowest BCUT2D eigenvalue weighted by Gasteiger charge is -2.60. The first-order valence-corrected chi connectivity index (χ1v) is 13.2. The first-order valence-electron chi connectivity index (χ1n) is 11.6. The maximum absolute atomic E-state index is 13.8. The Morgan fingerprint density at radius 2 is 1.94 bits per heavy atom. The van der Waals surface area contributed by atoms with Crippen LogP contribution in [-0.4, -0.2) is 30.5 Å². The summed E-state index contributed by atoms with van der Waals surface area (Å²) in [7, 11) is 0. The average molecular weight is 564 g/mol. The standard InChI is InChI=1S/C24H25BrCl2N6O/c1-14-4-20(30-32(14)11-17-2-3-18(26)6-19(17)27)29-21(34)23-7-15-5-16(8-23)10-24(9-15,12-23)33-13-28-22(25)31-33/h2-4,6,13,15-16H,5,7-12H2,1H3,(H,29,30,34). The Kier molecular flexibility index (Phi) is 5.35. The number of hydrogen-bond donors (Lipinski definition) is 1. The monoisotopic (exact) mass is 562 g/mol. The highest BCUT2D eigenvalue weighted by Crippen LogP contribution is 2.64. The maximum atomic E-state index is 13.8. The zero-order valence-corrected chi connectivity index (χ0v) is 21.9. The van der Waals surface area contributed by atoms with Crippen molar-refractivity contribution in [2.24, 2.45) is 17.3 Å². The van der Waals surface area contributed by atoms with Gasteiger partial charge in [0, 0.05) is 21.8 Å². The summed E-state index contributed by atoms with van der Waals surface area (Å²) in [6.07, 6.45) is 7.85. The first-order chi connectivity index (χ1) is 16.2. The van der Waals surface area contributed by atoms with E-state index in [4.69, 9.17) is 23.2 Å². The van der Waals surface area contributed by atoms with E-state index < -0.39 is 0 Å². The van der Waals surface area contributed by atoms with Crippen molar-refractivity contribution in [3.63, 3.8) is 0 Å². The van der Waals surface area contributed by atoms with Crippen LogP contribution in [0.2, 0.25) is 10.0 Å². The van der Waals surface area contributed by atoms with Gasteiger partial charge in [-0.05, 0) is 90.9 Å². The van der Waals surface area contributed by atoms with Crippen molar-refractivity contribution < 1.29 is 4.79 Å². The fourth-order valence-corrected chi connectivity index (χ4v) is 7.74. The minimum Gasteiger partial charge on any atom is -0.309 e. The fraction of sp³-hybridized carbons (Fsp3) is 0.500. The van der Waals surface area contributed by atoms with Gasteiger partial charge in [-0.3, -0.25) is 9.48 Å². The van der Waals surface area contributed by atoms with Gasteiger partial charge >= 0.3 is 0 Å². The molecule has 0 saturated heterocycles. The molecular weight excluding hydrogens is 539 g/mol. The number of amides is 1. The smallest absolute Gasteiger partial charge is 0.231 e. The minimum atomic E-state index is -0.389. The molecule has 3 aromatic rings. The highest BCUT2D eigenvalue weighted by atomic mass is 79.9. The number of hydrogen-bond acceptors (Lipinski definition) is 4. The number of rotatable bonds is 5. The van der Waals surface area contributed by atoms with Crippen LogP contribution in [0.25, 0.3) is 0 Å². The summed E-state index contributed by atoms with van der Waals surface area (Å²) in [5.74, 6) is 1.75. The van der Waals surface area contributed by atoms with Crippen LogP contribution in [0.4, 0.5) is 5.82 Å². The molecule has 178 valence electrons. The van der Waals surface area contributed by atoms with Crippen molar-refractivity contribution in [1.82, 2.24) is 24.5 Å². The van der Waals surface area contributed by atoms with E-state index in [1.165, 1.54) is 6.42 Å². The third kappa shape index (κ3) is 3.78. The lowest BCUT2D eigenvalue weighted by Crippen LogP contribution is -2.60. The van der Waals surface area contributed by atoms with E-state index >= 15 is 0 Å². The molecule has 0 spiro atoms. The zero-order chi connectivity index (χ0) is 23.7. The molecule has 4 bridgehead atoms. The van der Waals surface area contributed by atoms with Gasteiger partial charge < -0.3 is 5.32 Å². The second kappa shape index (κ2) is 8.07. The zero-order valence-electron chi connectivity index (χ0n) is 18.8. The van der Waals surface area contributed by atoms with Crippen LogP contribution in [0.1, 0.15) is 49.8 Å². The molecule has 2 atom stereocenters. The van der Waals surface area contributed by atoms with Gasteiger partial charge in [-0.25, -0.2) is 9.67 Å². The van der Waals surface area contributed by atoms with E-state index in [2.05, 4.69) is 36.4 Å². The SMILES string of the molecule is Cc1cc(NC(=O)C23CC4CC(C2)CC(n2cnc(Br)n2)(C4)C3)nn1Cc1ccc(Cl)cc1Cl. The Morgan fingerprint density at radius 1 is 1.18 bits per heavy atom. The number of carbonyl (C=O) groups excluding carboxylic acids is 1. The normalized spacial score (nSPS) is 29.5. The number of benzene rings is 1. The van der Waals surface area contributed by atoms with Gasteiger partial charge in [0.05, 0.1) is 17.5 Å². The fourth-order valence-electron chi connectivity index (χ4n) is 7.01. The van der Waals surface area contributed by atoms with E-state index in [9.17, 15) is 4.79 Å². The van der Waals surface area contributed by atoms with E-state index in [0.717, 1.165) is 43.4 Å². The summed E-state index contributed by atoms with van der Waals surface area (Å²) in [5, 5.41) is 13.6. The van der Waals surface area contributed by atoms with Gasteiger partial charge in [0.25, 0.3) is 0 Å². The highest BCUT2D eigenvalue weighted by molar-refractivity contribution is 9.10. The number of nitrogens with one attached hydrogen (secondary N) is 1. The Labute approximate surface area is 216 Å². The lowest BCUT2D eigenvalue weighted by atomic mass is 9.46. The van der Waals surface area contributed by atoms with Crippen LogP contribution in [0.5, 0.6) is 0 Å². The van der Waals surface area contributed by atoms with Gasteiger partial charge in [0.1, 0.15) is 6.33 Å². The molecule has 7 nitrogen and oxygen atoms in total. The van der Waals surface area contributed by atoms with Gasteiger partial charge in [0.2, 0.25) is 10.6 Å². The van der Waals surface area contributed by atoms with Crippen LogP contribution in [0.15, 0.2) is 35.3 Å². The molecule has 0 aliphatic heterocycles. The number of aryl methyl sites for hydroxylation is 1. The van der Waals surface area contributed by atoms with Crippen molar-refractivity contribution >= 4 is 50.9 Å². The van der Waals surface area contributed by atoms with Crippen LogP contribution in [0.3, 0.4) is 0 Å². The molecule has 4 saturated carbocycles. The molecule has 2 aromatic heterocycles. The van der Waals surface area contributed by atoms with Gasteiger partial charge in [-0.1, -0.05) is 29.3 Å². The third-order valence-electron chi connectivity index (χ3n) is 8.02. The average Bonchev–Trinajstić information content (AvgIpc) is 3.35. The van der Waals surface area contributed by atoms with E-state index in [1.54, 1.807) is 6.07 Å². The summed E-state index contributed by atoms with van der Waals surface area (Å²) in [4.78, 5) is 18.1. The molecule has 7 rings (SSSR count). The predicted octanol–water partition coefficient (Wildman–Crippen LogP) is 5.83. The molecule has 10 heteroatoms. The van der Waals surface area contributed by atoms with Crippen LogP contribution in [0, 0.1) is 24.2 Å². The topological polar surface area (TPSA) is 77.6 Å². The van der Waals surface area contributed by atoms with Crippen molar-refractivity contribution in [3.05, 3.63) is 56.6 Å². The molecular formula is C24H25BrCl2N6O. The van der Waals surface area contributed by atoms with Gasteiger partial charge in [0.15, 0.2) is 5.82 Å². The predicted molar refractivity (Wildman–Crippen MR) is 134 cm³/mol. The van der Waals surface area contributed by atoms with E-state index in [-0.39, 0.29) is 16.9 Å². The maximum Gasteiger partial charge on any atom is 0.231 e. The first kappa shape index (κ1) is 22.6. The number of halogens is 3. The van der Waals surface area contributed by atoms with Crippen LogP contribution in [-0.2, 0) is 16.9 Å². The molecule has 2 unspecified atom stereocenters. The molecule has 2 heterocycles. The van der Waals surface area contributed by atoms with E-state index in [1.807, 2.05) is 40.8 Å². The number of carbonyl (C=O) groups is 1. The summed E-state index contributed by atoms with van der Waals surface area (Å²) in [6, 6.07) is 7.38. The number of anilines is 1. The molecule has 4 aliphatic carbocycles. The number of aromatic nitrogens is 5. The Morgan fingerprint density at radius 3 is 2.62 bits per heavy atom. The van der Waals surface area contributed by atoms with Crippen molar-refractivity contribution in [2.45, 2.75) is 57.5 Å². The largest absolute Gasteiger partial charge is 0.309 e. The summed E-state index contributed by atoms with van der Waals surface area (Å²) >= 11 is 15.8. The van der Waals surface area contributed by atoms with Gasteiger partial charge in [-0.15, -0.1) is 5.10 Å². The van der Waals surface area contributed by atoms with Crippen molar-refractivity contribution in [1.29, 1.82) is 0 Å². The summed E-state index contributed by atoms with van der Waals surface area (Å²) < 4.78 is 4.48. The lowest BCUT2D eigenvalue weighted by molar-refractivity contribution is -0.150. The molecule has 0 radical (unpaired) electrons. The Bertz CT molecular complexity index is 1270. The molecule has 1 amide bonds. The third-order valence-corrected chi connectivity index (χ3v) is 8.97. The van der Waals surface area contributed by atoms with Crippen molar-refractivity contribution in [3.8, 4) is 0 Å². The number of nitrogens with zero attached hydrogens (tertiary/aromatic N) is 5. The van der Waals surface area contributed by atoms with Crippen LogP contribution < -0.4 is 5.32 Å². The molecule has 34 heavy (non-hydrogen) atoms. The molecule has 4 fully saturated rings. The molecule has 1 N–H and O–H groups in total. The second-order valence-electron chi connectivity index (χ2n) is 10.4. The van der Waals surface area contributed by atoms with Gasteiger partial charge in [-0.2, -0.15) is 5.10 Å². The Balaban J connectivity index is 1.24. The van der Waals surface area contributed by atoms with Crippen molar-refractivity contribution in [2.75, 3.05) is 5.32 Å².